The highest BCUT2D eigenvalue weighted by atomic mass is 16.5. The van der Waals surface area contributed by atoms with Crippen molar-refractivity contribution in [3.8, 4) is 0 Å². The van der Waals surface area contributed by atoms with Crippen LogP contribution in [0.3, 0.4) is 0 Å². The van der Waals surface area contributed by atoms with Crippen molar-refractivity contribution in [2.75, 3.05) is 13.2 Å². The summed E-state index contributed by atoms with van der Waals surface area (Å²) >= 11 is 0. The standard InChI is InChI=1S/C63H123NO5/c1-3-5-7-9-11-13-15-17-18-19-22-26-29-33-37-41-45-49-53-57-63(68)69-58-54-50-46-42-38-34-30-27-24-21-20-23-25-28-32-36-40-44-48-52-56-62(67)64-60(59-65)61(66)55-51-47-43-39-35-31-16-14-12-10-8-6-4-2/h20,23,60-61,65-66H,3-19,21-22,24-59H2,1-2H3,(H,64,67)/b23-20-. The van der Waals surface area contributed by atoms with Gasteiger partial charge in [-0.25, -0.2) is 0 Å². The molecule has 0 aliphatic rings. The van der Waals surface area contributed by atoms with Crippen molar-refractivity contribution in [3.63, 3.8) is 0 Å². The maximum atomic E-state index is 12.5. The molecule has 1 amide bonds. The lowest BCUT2D eigenvalue weighted by Gasteiger charge is -2.22. The number of aliphatic hydroxyl groups excluding tert-OH is 2. The van der Waals surface area contributed by atoms with Gasteiger partial charge in [-0.1, -0.05) is 302 Å². The van der Waals surface area contributed by atoms with Crippen LogP contribution < -0.4 is 5.32 Å². The van der Waals surface area contributed by atoms with Gasteiger partial charge in [0.2, 0.25) is 5.91 Å². The molecule has 0 fully saturated rings. The molecule has 0 saturated heterocycles. The molecule has 2 atom stereocenters. The van der Waals surface area contributed by atoms with E-state index < -0.39 is 12.1 Å². The molecule has 0 radical (unpaired) electrons. The van der Waals surface area contributed by atoms with Crippen LogP contribution in [0.5, 0.6) is 0 Å². The molecule has 0 aromatic carbocycles. The average Bonchev–Trinajstić information content (AvgIpc) is 3.35. The van der Waals surface area contributed by atoms with Crippen LogP contribution in [0.2, 0.25) is 0 Å². The van der Waals surface area contributed by atoms with Crippen LogP contribution in [0, 0.1) is 0 Å². The molecule has 0 aromatic rings. The summed E-state index contributed by atoms with van der Waals surface area (Å²) in [6.45, 7) is 4.97. The van der Waals surface area contributed by atoms with E-state index in [-0.39, 0.29) is 18.5 Å². The third-order valence-corrected chi connectivity index (χ3v) is 14.8. The van der Waals surface area contributed by atoms with E-state index in [0.717, 1.165) is 38.5 Å². The Morgan fingerprint density at radius 3 is 1.03 bits per heavy atom. The first-order valence-corrected chi connectivity index (χ1v) is 31.4. The van der Waals surface area contributed by atoms with Gasteiger partial charge in [0.15, 0.2) is 0 Å². The molecule has 0 saturated carbocycles. The quantitative estimate of drug-likeness (QED) is 0.0321. The van der Waals surface area contributed by atoms with E-state index in [9.17, 15) is 19.8 Å². The Morgan fingerprint density at radius 2 is 0.681 bits per heavy atom. The highest BCUT2D eigenvalue weighted by Crippen LogP contribution is 2.18. The van der Waals surface area contributed by atoms with Crippen molar-refractivity contribution < 1.29 is 24.5 Å². The molecule has 0 aliphatic heterocycles. The number of hydrogen-bond acceptors (Lipinski definition) is 5. The van der Waals surface area contributed by atoms with Crippen molar-refractivity contribution in [1.29, 1.82) is 0 Å². The second-order valence-electron chi connectivity index (χ2n) is 21.7. The monoisotopic (exact) mass is 974 g/mol. The van der Waals surface area contributed by atoms with Gasteiger partial charge in [0.05, 0.1) is 25.4 Å². The molecule has 0 aliphatic carbocycles. The maximum absolute atomic E-state index is 12.5. The lowest BCUT2D eigenvalue weighted by atomic mass is 10.0. The molecular formula is C63H123NO5. The van der Waals surface area contributed by atoms with Gasteiger partial charge in [-0.2, -0.15) is 0 Å². The molecule has 69 heavy (non-hydrogen) atoms. The van der Waals surface area contributed by atoms with E-state index >= 15 is 0 Å². The van der Waals surface area contributed by atoms with E-state index in [1.165, 1.54) is 283 Å². The third-order valence-electron chi connectivity index (χ3n) is 14.8. The van der Waals surface area contributed by atoms with Crippen LogP contribution in [-0.4, -0.2) is 47.4 Å². The molecule has 0 spiro atoms. The Labute approximate surface area is 431 Å². The number of rotatable bonds is 59. The van der Waals surface area contributed by atoms with Crippen molar-refractivity contribution in [3.05, 3.63) is 12.2 Å². The number of aliphatic hydroxyl groups is 2. The van der Waals surface area contributed by atoms with Crippen molar-refractivity contribution >= 4 is 11.9 Å². The molecule has 2 unspecified atom stereocenters. The Morgan fingerprint density at radius 1 is 0.391 bits per heavy atom. The zero-order valence-electron chi connectivity index (χ0n) is 46.8. The number of allylic oxidation sites excluding steroid dienone is 2. The van der Waals surface area contributed by atoms with Gasteiger partial charge in [0.25, 0.3) is 0 Å². The van der Waals surface area contributed by atoms with Gasteiger partial charge >= 0.3 is 5.97 Å². The minimum atomic E-state index is -0.668. The summed E-state index contributed by atoms with van der Waals surface area (Å²) < 4.78 is 5.50. The first-order valence-electron chi connectivity index (χ1n) is 31.4. The number of carbonyl (C=O) groups excluding carboxylic acids is 2. The van der Waals surface area contributed by atoms with E-state index in [1.807, 2.05) is 0 Å². The predicted molar refractivity (Wildman–Crippen MR) is 301 cm³/mol. The van der Waals surface area contributed by atoms with E-state index in [1.54, 1.807) is 0 Å². The number of amides is 1. The number of unbranched alkanes of at least 4 members (excludes halogenated alkanes) is 46. The minimum absolute atomic E-state index is 0.0117. The van der Waals surface area contributed by atoms with Crippen LogP contribution in [0.1, 0.15) is 354 Å². The fourth-order valence-electron chi connectivity index (χ4n) is 9.99. The van der Waals surface area contributed by atoms with E-state index in [0.29, 0.717) is 25.9 Å². The van der Waals surface area contributed by atoms with Gasteiger partial charge in [0.1, 0.15) is 0 Å². The fourth-order valence-corrected chi connectivity index (χ4v) is 9.99. The SMILES string of the molecule is CCCCCCCCCCCCCCCCCCCCCC(=O)OCCCCCCCCCCC/C=C\CCCCCCCCCC(=O)NC(CO)C(O)CCCCCCCCCCCCCCC. The topological polar surface area (TPSA) is 95.9 Å². The molecular weight excluding hydrogens is 851 g/mol. The molecule has 3 N–H and O–H groups in total. The number of carbonyl (C=O) groups is 2. The van der Waals surface area contributed by atoms with Gasteiger partial charge in [-0.3, -0.25) is 9.59 Å². The summed E-state index contributed by atoms with van der Waals surface area (Å²) in [5.74, 6) is -0.0303. The van der Waals surface area contributed by atoms with Crippen LogP contribution >= 0.6 is 0 Å². The highest BCUT2D eigenvalue weighted by molar-refractivity contribution is 5.76. The molecule has 0 heterocycles. The smallest absolute Gasteiger partial charge is 0.305 e. The lowest BCUT2D eigenvalue weighted by molar-refractivity contribution is -0.143. The Bertz CT molecular complexity index is 1030. The summed E-state index contributed by atoms with van der Waals surface area (Å²) in [5.41, 5.74) is 0. The molecule has 410 valence electrons. The first kappa shape index (κ1) is 67.6. The first-order chi connectivity index (χ1) is 34.0. The van der Waals surface area contributed by atoms with Crippen LogP contribution in [0.4, 0.5) is 0 Å². The van der Waals surface area contributed by atoms with Crippen molar-refractivity contribution in [2.24, 2.45) is 0 Å². The zero-order valence-corrected chi connectivity index (χ0v) is 46.8. The number of hydrogen-bond donors (Lipinski definition) is 3. The number of nitrogens with one attached hydrogen (secondary N) is 1. The molecule has 0 bridgehead atoms. The van der Waals surface area contributed by atoms with Crippen molar-refractivity contribution in [1.82, 2.24) is 5.32 Å². The Kier molecular flexibility index (Phi) is 58.0. The molecule has 6 nitrogen and oxygen atoms in total. The summed E-state index contributed by atoms with van der Waals surface area (Å²) in [5, 5.41) is 23.2. The second-order valence-corrected chi connectivity index (χ2v) is 21.7. The molecule has 0 aromatic heterocycles. The number of esters is 1. The Hall–Kier alpha value is -1.40. The van der Waals surface area contributed by atoms with E-state index in [2.05, 4.69) is 31.3 Å². The summed E-state index contributed by atoms with van der Waals surface area (Å²) in [7, 11) is 0. The second kappa shape index (κ2) is 59.2. The largest absolute Gasteiger partial charge is 0.466 e. The highest BCUT2D eigenvalue weighted by Gasteiger charge is 2.20. The number of ether oxygens (including phenoxy) is 1. The molecule has 0 rings (SSSR count). The molecule has 6 heteroatoms. The maximum Gasteiger partial charge on any atom is 0.305 e. The summed E-state index contributed by atoms with van der Waals surface area (Å²) in [6.07, 6.45) is 70.8. The predicted octanol–water partition coefficient (Wildman–Crippen LogP) is 19.6. The lowest BCUT2D eigenvalue weighted by Crippen LogP contribution is -2.45. The Balaban J connectivity index is 3.38. The fraction of sp³-hybridized carbons (Fsp3) is 0.937. The summed E-state index contributed by atoms with van der Waals surface area (Å²) in [6, 6.07) is -0.546. The van der Waals surface area contributed by atoms with Gasteiger partial charge < -0.3 is 20.3 Å². The minimum Gasteiger partial charge on any atom is -0.466 e. The van der Waals surface area contributed by atoms with E-state index in [4.69, 9.17) is 4.74 Å². The average molecular weight is 975 g/mol. The van der Waals surface area contributed by atoms with Crippen LogP contribution in [-0.2, 0) is 14.3 Å². The normalized spacial score (nSPS) is 12.6. The van der Waals surface area contributed by atoms with Gasteiger partial charge in [0, 0.05) is 12.8 Å². The van der Waals surface area contributed by atoms with Crippen molar-refractivity contribution in [2.45, 2.75) is 366 Å². The van der Waals surface area contributed by atoms with Crippen LogP contribution in [0.15, 0.2) is 12.2 Å². The zero-order chi connectivity index (χ0) is 50.0. The van der Waals surface area contributed by atoms with Gasteiger partial charge in [-0.15, -0.1) is 0 Å². The van der Waals surface area contributed by atoms with Gasteiger partial charge in [-0.05, 0) is 51.4 Å². The summed E-state index contributed by atoms with van der Waals surface area (Å²) in [4.78, 5) is 24.6. The van der Waals surface area contributed by atoms with Crippen LogP contribution in [0.25, 0.3) is 0 Å². The third kappa shape index (κ3) is 55.8.